The van der Waals surface area contributed by atoms with E-state index in [1.165, 1.54) is 5.40 Å². The summed E-state index contributed by atoms with van der Waals surface area (Å²) in [6.07, 6.45) is 0. The van der Waals surface area contributed by atoms with E-state index in [0.717, 1.165) is 0 Å². The first-order valence-corrected chi connectivity index (χ1v) is 0.836. The summed E-state index contributed by atoms with van der Waals surface area (Å²) >= 11 is 3.70. The molecule has 0 fully saturated rings. The van der Waals surface area contributed by atoms with Crippen molar-refractivity contribution in [1.82, 2.24) is 0 Å². The maximum atomic E-state index is 7.13. The molecule has 25 valence electrons. The maximum Gasteiger partial charge on any atom is 0 e. The molecule has 0 rings (SSSR count). The van der Waals surface area contributed by atoms with Gasteiger partial charge in [-0.2, -0.15) is 0 Å². The quantitative estimate of drug-likeness (QED) is 0.329. The van der Waals surface area contributed by atoms with Crippen LogP contribution in [0.1, 0.15) is 0 Å². The van der Waals surface area contributed by atoms with Gasteiger partial charge in [0.05, 0.1) is 0 Å². The van der Waals surface area contributed by atoms with E-state index in [1.54, 1.807) is 0 Å². The molecule has 4 heavy (non-hydrogen) atoms. The summed E-state index contributed by atoms with van der Waals surface area (Å²) in [7, 11) is 0. The molecule has 0 atom stereocenters. The van der Waals surface area contributed by atoms with E-state index in [-0.39, 0.29) is 16.8 Å². The monoisotopic (exact) mass is 117 g/mol. The molecule has 0 aromatic heterocycles. The SMILES string of the molecule is N#C[S-].[Co]. The minimum absolute atomic E-state index is 0. The predicted octanol–water partition coefficient (Wildman–Crippen LogP) is 0.0119. The molecule has 0 aromatic rings. The summed E-state index contributed by atoms with van der Waals surface area (Å²) in [4.78, 5) is 0. The number of hydrogen-bond donors (Lipinski definition) is 0. The normalized spacial score (nSPS) is 1.75. The fraction of sp³-hybridized carbons (Fsp3) is 0. The van der Waals surface area contributed by atoms with E-state index in [0.29, 0.717) is 0 Å². The van der Waals surface area contributed by atoms with E-state index >= 15 is 0 Å². The third-order valence-electron chi connectivity index (χ3n) is 0. The molecular formula is CCoNS-. The minimum Gasteiger partial charge on any atom is -0.696 e. The molecular weight excluding hydrogens is 117 g/mol. The topological polar surface area (TPSA) is 23.8 Å². The van der Waals surface area contributed by atoms with Crippen LogP contribution in [-0.4, -0.2) is 0 Å². The van der Waals surface area contributed by atoms with Crippen molar-refractivity contribution in [3.8, 4) is 5.40 Å². The summed E-state index contributed by atoms with van der Waals surface area (Å²) in [6.45, 7) is 0. The molecule has 0 bridgehead atoms. The Morgan fingerprint density at radius 3 is 1.75 bits per heavy atom. The van der Waals surface area contributed by atoms with Crippen LogP contribution in [0.4, 0.5) is 0 Å². The van der Waals surface area contributed by atoms with Gasteiger partial charge in [0.2, 0.25) is 0 Å². The van der Waals surface area contributed by atoms with Crippen molar-refractivity contribution >= 4 is 12.6 Å². The van der Waals surface area contributed by atoms with Gasteiger partial charge >= 0.3 is 0 Å². The zero-order chi connectivity index (χ0) is 2.71. The first-order chi connectivity index (χ1) is 1.41. The summed E-state index contributed by atoms with van der Waals surface area (Å²) < 4.78 is 0. The summed E-state index contributed by atoms with van der Waals surface area (Å²) in [6, 6.07) is 0. The van der Waals surface area contributed by atoms with Crippen molar-refractivity contribution in [3.05, 3.63) is 0 Å². The minimum atomic E-state index is 0. The zero-order valence-corrected chi connectivity index (χ0v) is 3.55. The molecule has 0 N–H and O–H groups in total. The van der Waals surface area contributed by atoms with Gasteiger partial charge in [0, 0.05) is 16.8 Å². The van der Waals surface area contributed by atoms with Gasteiger partial charge in [0.1, 0.15) is 0 Å². The molecule has 0 amide bonds. The van der Waals surface area contributed by atoms with Crippen molar-refractivity contribution < 1.29 is 16.8 Å². The molecule has 1 radical (unpaired) electrons. The van der Waals surface area contributed by atoms with Crippen molar-refractivity contribution in [2.45, 2.75) is 0 Å². The second-order valence-electron chi connectivity index (χ2n) is 0.0913. The molecule has 0 unspecified atom stereocenters. The van der Waals surface area contributed by atoms with Crippen molar-refractivity contribution in [3.63, 3.8) is 0 Å². The summed E-state index contributed by atoms with van der Waals surface area (Å²) in [5.74, 6) is 0. The summed E-state index contributed by atoms with van der Waals surface area (Å²) in [5, 5.41) is 8.47. The Kier molecular flexibility index (Phi) is 23.7. The van der Waals surface area contributed by atoms with Gasteiger partial charge in [-0.05, 0) is 0 Å². The molecule has 0 aliphatic heterocycles. The third kappa shape index (κ3) is 70.0. The molecule has 0 aliphatic carbocycles. The molecule has 1 nitrogen and oxygen atoms in total. The Morgan fingerprint density at radius 2 is 1.75 bits per heavy atom. The molecule has 0 aromatic carbocycles. The fourth-order valence-corrected chi connectivity index (χ4v) is 0. The van der Waals surface area contributed by atoms with Crippen molar-refractivity contribution in [2.75, 3.05) is 0 Å². The van der Waals surface area contributed by atoms with Crippen LogP contribution in [0.3, 0.4) is 0 Å². The van der Waals surface area contributed by atoms with Gasteiger partial charge < -0.3 is 12.6 Å². The van der Waals surface area contributed by atoms with E-state index in [9.17, 15) is 0 Å². The van der Waals surface area contributed by atoms with Crippen LogP contribution in [0.15, 0.2) is 0 Å². The van der Waals surface area contributed by atoms with Gasteiger partial charge in [0.15, 0.2) is 0 Å². The molecule has 0 spiro atoms. The molecule has 0 saturated heterocycles. The smallest absolute Gasteiger partial charge is 0 e. The molecule has 3 heteroatoms. The zero-order valence-electron chi connectivity index (χ0n) is 1.69. The predicted molar refractivity (Wildman–Crippen MR) is 13.0 cm³/mol. The number of thiocyanates is 1. The maximum absolute atomic E-state index is 7.13. The van der Waals surface area contributed by atoms with Crippen LogP contribution < -0.4 is 0 Å². The average Bonchev–Trinajstić information content (AvgIpc) is 0.918. The molecule has 0 aliphatic rings. The van der Waals surface area contributed by atoms with Crippen molar-refractivity contribution in [1.29, 1.82) is 5.26 Å². The van der Waals surface area contributed by atoms with E-state index < -0.39 is 0 Å². The van der Waals surface area contributed by atoms with Gasteiger partial charge in [0.25, 0.3) is 0 Å². The Balaban J connectivity index is 0. The second kappa shape index (κ2) is 10.7. The van der Waals surface area contributed by atoms with Crippen LogP contribution in [-0.2, 0) is 29.4 Å². The summed E-state index contributed by atoms with van der Waals surface area (Å²) in [5.41, 5.74) is 0. The first kappa shape index (κ1) is 8.88. The number of nitriles is 1. The van der Waals surface area contributed by atoms with Gasteiger partial charge in [-0.25, -0.2) is 5.26 Å². The van der Waals surface area contributed by atoms with Crippen LogP contribution in [0, 0.1) is 10.7 Å². The second-order valence-corrected chi connectivity index (χ2v) is 0.274. The Labute approximate surface area is 40.6 Å². The van der Waals surface area contributed by atoms with Crippen LogP contribution in [0.5, 0.6) is 0 Å². The van der Waals surface area contributed by atoms with Crippen molar-refractivity contribution in [2.24, 2.45) is 0 Å². The first-order valence-electron chi connectivity index (χ1n) is 0.428. The van der Waals surface area contributed by atoms with Crippen LogP contribution in [0.25, 0.3) is 0 Å². The van der Waals surface area contributed by atoms with Gasteiger partial charge in [-0.1, -0.05) is 5.40 Å². The number of hydrogen-bond acceptors (Lipinski definition) is 2. The third-order valence-corrected chi connectivity index (χ3v) is 0. The molecule has 0 heterocycles. The Morgan fingerprint density at radius 1 is 1.75 bits per heavy atom. The average molecular weight is 117 g/mol. The van der Waals surface area contributed by atoms with Crippen LogP contribution >= 0.6 is 0 Å². The largest absolute Gasteiger partial charge is 0.696 e. The molecule has 0 saturated carbocycles. The van der Waals surface area contributed by atoms with Crippen LogP contribution in [0.2, 0.25) is 0 Å². The Bertz CT molecular complexity index is 29.5. The van der Waals surface area contributed by atoms with E-state index in [1.807, 2.05) is 0 Å². The number of rotatable bonds is 0. The fourth-order valence-electron chi connectivity index (χ4n) is 0. The standard InChI is InChI=1S/CHNS.Co/c2-1-3;/h3H;/p-1. The number of nitrogens with zero attached hydrogens (tertiary/aromatic N) is 1. The van der Waals surface area contributed by atoms with E-state index in [4.69, 9.17) is 5.26 Å². The van der Waals surface area contributed by atoms with Gasteiger partial charge in [-0.3, -0.25) is 0 Å². The van der Waals surface area contributed by atoms with E-state index in [2.05, 4.69) is 12.6 Å². The van der Waals surface area contributed by atoms with Gasteiger partial charge in [-0.15, -0.1) is 0 Å². The Hall–Kier alpha value is 0.216.